The van der Waals surface area contributed by atoms with Crippen LogP contribution >= 0.6 is 0 Å². The number of ether oxygens (including phenoxy) is 2. The van der Waals surface area contributed by atoms with Crippen molar-refractivity contribution in [1.82, 2.24) is 25.2 Å². The number of pyridine rings is 1. The van der Waals surface area contributed by atoms with Gasteiger partial charge in [-0.2, -0.15) is 0 Å². The van der Waals surface area contributed by atoms with E-state index >= 15 is 0 Å². The Bertz CT molecular complexity index is 1860. The Hall–Kier alpha value is -4.40. The van der Waals surface area contributed by atoms with Crippen molar-refractivity contribution in [3.8, 4) is 11.6 Å². The number of hydrogen-bond acceptors (Lipinski definition) is 9. The van der Waals surface area contributed by atoms with Crippen molar-refractivity contribution in [2.24, 2.45) is 17.8 Å². The van der Waals surface area contributed by atoms with Crippen molar-refractivity contribution in [1.29, 1.82) is 0 Å². The van der Waals surface area contributed by atoms with E-state index in [-0.39, 0.29) is 31.2 Å². The Balaban J connectivity index is 1.34. The summed E-state index contributed by atoms with van der Waals surface area (Å²) in [4.78, 5) is 60.5. The van der Waals surface area contributed by atoms with Gasteiger partial charge < -0.3 is 30.1 Å². The number of sulfonamides is 1. The van der Waals surface area contributed by atoms with E-state index in [4.69, 9.17) is 9.47 Å². The minimum atomic E-state index is -4.00. The van der Waals surface area contributed by atoms with Crippen LogP contribution < -0.4 is 24.8 Å². The zero-order valence-electron chi connectivity index (χ0n) is 30.1. The monoisotopic (exact) mass is 739 g/mol. The number of nitrogens with zero attached hydrogens (tertiary/aromatic N) is 2. The number of benzene rings is 1. The third-order valence-corrected chi connectivity index (χ3v) is 13.3. The van der Waals surface area contributed by atoms with E-state index < -0.39 is 68.2 Å². The molecule has 2 aliphatic carbocycles. The third-order valence-electron chi connectivity index (χ3n) is 11.2. The number of carbonyl (C=O) groups excluding carboxylic acids is 3. The molecule has 2 aromatic rings. The van der Waals surface area contributed by atoms with E-state index in [1.54, 1.807) is 19.2 Å². The number of amides is 4. The summed E-state index contributed by atoms with van der Waals surface area (Å²) < 4.78 is 39.5. The van der Waals surface area contributed by atoms with Crippen LogP contribution in [-0.2, 0) is 24.4 Å². The molecule has 15 heteroatoms. The van der Waals surface area contributed by atoms with Crippen LogP contribution in [0.15, 0.2) is 42.6 Å². The van der Waals surface area contributed by atoms with Crippen LogP contribution in [0.5, 0.6) is 11.6 Å². The first kappa shape index (κ1) is 37.4. The van der Waals surface area contributed by atoms with Crippen LogP contribution in [0.4, 0.5) is 4.79 Å². The Kier molecular flexibility index (Phi) is 10.5. The molecule has 1 aromatic heterocycles. The number of carboxylic acid groups (broad SMARTS) is 1. The van der Waals surface area contributed by atoms with Gasteiger partial charge in [-0.3, -0.25) is 19.1 Å². The minimum Gasteiger partial charge on any atom is -0.494 e. The second-order valence-corrected chi connectivity index (χ2v) is 17.2. The van der Waals surface area contributed by atoms with E-state index in [2.05, 4.69) is 27.3 Å². The number of rotatable bonds is 9. The number of allylic oxidation sites excluding steroid dienone is 1. The molecule has 2 saturated carbocycles. The normalized spacial score (nSPS) is 30.8. The van der Waals surface area contributed by atoms with Gasteiger partial charge in [0.1, 0.15) is 29.5 Å². The fourth-order valence-corrected chi connectivity index (χ4v) is 8.90. The van der Waals surface area contributed by atoms with Gasteiger partial charge in [0.25, 0.3) is 5.91 Å². The summed E-state index contributed by atoms with van der Waals surface area (Å²) in [5.41, 5.74) is -1.54. The molecule has 4 aliphatic rings. The lowest BCUT2D eigenvalue weighted by atomic mass is 9.85. The van der Waals surface area contributed by atoms with Gasteiger partial charge in [0.2, 0.25) is 27.7 Å². The third kappa shape index (κ3) is 7.55. The van der Waals surface area contributed by atoms with Crippen LogP contribution in [-0.4, -0.2) is 88.8 Å². The van der Waals surface area contributed by atoms with Crippen LogP contribution in [0, 0.1) is 17.8 Å². The van der Waals surface area contributed by atoms with Crippen LogP contribution in [0.3, 0.4) is 0 Å². The molecular weight excluding hydrogens is 691 g/mol. The van der Waals surface area contributed by atoms with Gasteiger partial charge in [0.05, 0.1) is 17.9 Å². The maximum Gasteiger partial charge on any atom is 0.405 e. The quantitative estimate of drug-likeness (QED) is 0.274. The van der Waals surface area contributed by atoms with Crippen molar-refractivity contribution in [2.75, 3.05) is 13.2 Å². The number of hydrogen-bond donors (Lipinski definition) is 4. The van der Waals surface area contributed by atoms with E-state index in [0.717, 1.165) is 11.8 Å². The lowest BCUT2D eigenvalue weighted by molar-refractivity contribution is -0.142. The summed E-state index contributed by atoms with van der Waals surface area (Å²) in [6, 6.07) is 5.03. The van der Waals surface area contributed by atoms with Gasteiger partial charge in [0.15, 0.2) is 0 Å². The van der Waals surface area contributed by atoms with Crippen LogP contribution in [0.1, 0.15) is 79.1 Å². The van der Waals surface area contributed by atoms with Crippen molar-refractivity contribution < 1.29 is 42.2 Å². The molecule has 0 spiro atoms. The Morgan fingerprint density at radius 3 is 2.62 bits per heavy atom. The summed E-state index contributed by atoms with van der Waals surface area (Å²) in [6.45, 7) is 7.88. The molecule has 1 aromatic carbocycles. The molecule has 1 saturated heterocycles. The average Bonchev–Trinajstić information content (AvgIpc) is 3.98. The number of nitrogens with one attached hydrogen (secondary N) is 3. The van der Waals surface area contributed by atoms with Gasteiger partial charge in [0, 0.05) is 23.9 Å². The molecular formula is C37H49N5O9S. The fourth-order valence-electron chi connectivity index (χ4n) is 7.58. The molecule has 4 amide bonds. The van der Waals surface area contributed by atoms with E-state index in [0.29, 0.717) is 55.7 Å². The van der Waals surface area contributed by atoms with Crippen LogP contribution in [0.25, 0.3) is 10.8 Å². The number of aromatic nitrogens is 1. The summed E-state index contributed by atoms with van der Waals surface area (Å²) in [6.07, 6.45) is 6.89. The molecule has 6 rings (SSSR count). The van der Waals surface area contributed by atoms with Gasteiger partial charge in [-0.15, -0.1) is 0 Å². The maximum absolute atomic E-state index is 14.5. The topological polar surface area (TPSA) is 193 Å². The van der Waals surface area contributed by atoms with Gasteiger partial charge in [-0.05, 0) is 93.9 Å². The van der Waals surface area contributed by atoms with Gasteiger partial charge in [-0.1, -0.05) is 32.4 Å². The van der Waals surface area contributed by atoms with E-state index in [9.17, 15) is 32.7 Å². The molecule has 2 aliphatic heterocycles. The highest BCUT2D eigenvalue weighted by atomic mass is 32.2. The Morgan fingerprint density at radius 1 is 1.15 bits per heavy atom. The van der Waals surface area contributed by atoms with Crippen molar-refractivity contribution in [3.05, 3.63) is 42.6 Å². The molecule has 0 unspecified atom stereocenters. The number of fused-ring (bicyclic) bond motifs is 3. The second-order valence-electron chi connectivity index (χ2n) is 15.0. The lowest BCUT2D eigenvalue weighted by Crippen LogP contribution is -2.59. The van der Waals surface area contributed by atoms with Gasteiger partial charge >= 0.3 is 6.09 Å². The van der Waals surface area contributed by atoms with Crippen molar-refractivity contribution in [3.63, 3.8) is 0 Å². The fraction of sp³-hybridized carbons (Fsp3) is 0.595. The van der Waals surface area contributed by atoms with Crippen LogP contribution in [0.2, 0.25) is 0 Å². The predicted molar refractivity (Wildman–Crippen MR) is 192 cm³/mol. The second kappa shape index (κ2) is 14.6. The summed E-state index contributed by atoms with van der Waals surface area (Å²) in [5, 5.41) is 16.7. The smallest absolute Gasteiger partial charge is 0.405 e. The van der Waals surface area contributed by atoms with Gasteiger partial charge in [-0.25, -0.2) is 18.2 Å². The molecule has 3 heterocycles. The first-order valence-electron chi connectivity index (χ1n) is 18.2. The molecule has 7 atom stereocenters. The first-order chi connectivity index (χ1) is 24.7. The molecule has 4 N–H and O–H groups in total. The highest BCUT2D eigenvalue weighted by Gasteiger charge is 2.63. The maximum atomic E-state index is 14.5. The SMILES string of the molecule is CCOc1ccc2c(O[C@@H]3C[C@H]4C(=O)N[C@]5(C(=O)NS(=O)(=O)C6(C)CC6)C[C@H]5/C=C\CC[C@@H](C)C[C@@H](CC)[C@H](NC(=O)O)C(=O)N4C3)nccc2c1. The highest BCUT2D eigenvalue weighted by Crippen LogP contribution is 2.47. The summed E-state index contributed by atoms with van der Waals surface area (Å²) >= 11 is 0. The molecule has 52 heavy (non-hydrogen) atoms. The molecule has 3 fully saturated rings. The number of carbonyl (C=O) groups is 4. The highest BCUT2D eigenvalue weighted by molar-refractivity contribution is 7.91. The molecule has 0 radical (unpaired) electrons. The minimum absolute atomic E-state index is 0.0221. The standard InChI is InChI=1S/C37H49N5O9S/c1-5-23-17-22(3)9-7-8-10-25-20-37(25,34(45)41-52(48,49)36(4)14-15-36)40-31(43)29-19-27(21-42(29)33(44)30(23)39-35(46)47)51-32-28-12-11-26(50-6-2)18-24(28)13-16-38-32/h8,10-13,16,18,22-23,25,27,29-30,39H,5-7,9,14-15,17,19-21H2,1-4H3,(H,40,43)(H,41,45)(H,46,47)/b10-8-/t22-,23-,25-,27-,29+,30+,37-/m1/s1. The zero-order chi connectivity index (χ0) is 37.4. The summed E-state index contributed by atoms with van der Waals surface area (Å²) in [5.74, 6) is -1.73. The molecule has 14 nitrogen and oxygen atoms in total. The van der Waals surface area contributed by atoms with E-state index in [1.165, 1.54) is 4.90 Å². The summed E-state index contributed by atoms with van der Waals surface area (Å²) in [7, 11) is -4.00. The zero-order valence-corrected chi connectivity index (χ0v) is 30.9. The Morgan fingerprint density at radius 2 is 1.92 bits per heavy atom. The lowest BCUT2D eigenvalue weighted by Gasteiger charge is -2.33. The predicted octanol–water partition coefficient (Wildman–Crippen LogP) is 3.89. The average molecular weight is 740 g/mol. The molecule has 0 bridgehead atoms. The van der Waals surface area contributed by atoms with Crippen molar-refractivity contribution in [2.45, 2.75) is 108 Å². The first-order valence-corrected chi connectivity index (χ1v) is 19.7. The molecule has 282 valence electrons. The van der Waals surface area contributed by atoms with Crippen molar-refractivity contribution >= 4 is 44.6 Å². The largest absolute Gasteiger partial charge is 0.494 e. The van der Waals surface area contributed by atoms with E-state index in [1.807, 2.05) is 44.2 Å². The Labute approximate surface area is 304 Å².